The average Bonchev–Trinajstić information content (AvgIpc) is 3.57. The number of fused-ring (bicyclic) bond motifs is 9. The highest BCUT2D eigenvalue weighted by atomic mass is 16.3. The molecule has 0 aliphatic heterocycles. The van der Waals surface area contributed by atoms with Crippen LogP contribution in [-0.4, -0.2) is 9.97 Å². The van der Waals surface area contributed by atoms with Gasteiger partial charge in [0.2, 0.25) is 5.71 Å². The van der Waals surface area contributed by atoms with Crippen LogP contribution in [0.1, 0.15) is 0 Å². The zero-order valence-electron chi connectivity index (χ0n) is 21.3. The summed E-state index contributed by atoms with van der Waals surface area (Å²) < 4.78 is 12.4. The number of furan rings is 2. The van der Waals surface area contributed by atoms with Gasteiger partial charge in [0.1, 0.15) is 16.7 Å². The van der Waals surface area contributed by atoms with Crippen LogP contribution in [0.3, 0.4) is 0 Å². The Morgan fingerprint density at radius 3 is 2.00 bits per heavy atom. The number of para-hydroxylation sites is 2. The van der Waals surface area contributed by atoms with Gasteiger partial charge >= 0.3 is 0 Å². The standard InChI is InChI=1S/C36H20N2O2/c1-2-8-22(9-3-1)34-33-26-11-5-7-13-31(26)40-36(33)38-35(37-34)24-17-15-21-14-16-23-19-32-29(20-28(23)27(21)18-24)25-10-4-6-12-30(25)39-32/h1-20H. The van der Waals surface area contributed by atoms with E-state index in [0.717, 1.165) is 71.3 Å². The number of rotatable bonds is 2. The molecule has 3 aromatic heterocycles. The largest absolute Gasteiger partial charge is 0.456 e. The van der Waals surface area contributed by atoms with E-state index in [0.29, 0.717) is 11.5 Å². The molecule has 0 atom stereocenters. The van der Waals surface area contributed by atoms with Crippen LogP contribution in [0.2, 0.25) is 0 Å². The zero-order chi connectivity index (χ0) is 26.2. The van der Waals surface area contributed by atoms with Crippen molar-refractivity contribution in [2.45, 2.75) is 0 Å². The summed E-state index contributed by atoms with van der Waals surface area (Å²) in [7, 11) is 0. The SMILES string of the molecule is c1ccc(-c2nc(-c3ccc4ccc5cc6oc7ccccc7c6cc5c4c3)nc3oc4ccccc4c23)cc1. The molecule has 0 N–H and O–H groups in total. The summed E-state index contributed by atoms with van der Waals surface area (Å²) in [6.45, 7) is 0. The van der Waals surface area contributed by atoms with Gasteiger partial charge in [-0.05, 0) is 51.9 Å². The summed E-state index contributed by atoms with van der Waals surface area (Å²) in [6.07, 6.45) is 0. The highest BCUT2D eigenvalue weighted by molar-refractivity contribution is 6.17. The zero-order valence-corrected chi connectivity index (χ0v) is 21.3. The molecule has 0 amide bonds. The fraction of sp³-hybridized carbons (Fsp3) is 0. The monoisotopic (exact) mass is 512 g/mol. The lowest BCUT2D eigenvalue weighted by Crippen LogP contribution is -1.94. The molecule has 40 heavy (non-hydrogen) atoms. The maximum Gasteiger partial charge on any atom is 0.231 e. The summed E-state index contributed by atoms with van der Waals surface area (Å²) >= 11 is 0. The number of nitrogens with zero attached hydrogens (tertiary/aromatic N) is 2. The van der Waals surface area contributed by atoms with Crippen LogP contribution in [0.5, 0.6) is 0 Å². The van der Waals surface area contributed by atoms with Crippen molar-refractivity contribution in [2.24, 2.45) is 0 Å². The molecule has 186 valence electrons. The summed E-state index contributed by atoms with van der Waals surface area (Å²) in [5, 5.41) is 8.82. The van der Waals surface area contributed by atoms with Crippen LogP contribution in [-0.2, 0) is 0 Å². The Balaban J connectivity index is 1.33. The summed E-state index contributed by atoms with van der Waals surface area (Å²) in [5.41, 5.74) is 6.04. The van der Waals surface area contributed by atoms with Gasteiger partial charge < -0.3 is 8.83 Å². The van der Waals surface area contributed by atoms with Crippen molar-refractivity contribution in [3.05, 3.63) is 121 Å². The molecule has 3 heterocycles. The molecule has 9 aromatic rings. The molecule has 0 saturated carbocycles. The molecule has 9 rings (SSSR count). The molecule has 0 aliphatic carbocycles. The number of aromatic nitrogens is 2. The highest BCUT2D eigenvalue weighted by Gasteiger charge is 2.18. The second-order valence-electron chi connectivity index (χ2n) is 10.2. The lowest BCUT2D eigenvalue weighted by molar-refractivity contribution is 0.653. The van der Waals surface area contributed by atoms with Crippen molar-refractivity contribution in [3.63, 3.8) is 0 Å². The number of benzene rings is 6. The van der Waals surface area contributed by atoms with E-state index in [2.05, 4.69) is 72.8 Å². The maximum atomic E-state index is 6.25. The molecule has 6 aromatic carbocycles. The lowest BCUT2D eigenvalue weighted by Gasteiger charge is -2.09. The van der Waals surface area contributed by atoms with Crippen molar-refractivity contribution >= 4 is 65.6 Å². The molecule has 0 fully saturated rings. The third-order valence-electron chi connectivity index (χ3n) is 7.88. The summed E-state index contributed by atoms with van der Waals surface area (Å²) in [5.74, 6) is 0.638. The van der Waals surface area contributed by atoms with Gasteiger partial charge in [-0.2, -0.15) is 4.98 Å². The fourth-order valence-corrected chi connectivity index (χ4v) is 5.97. The minimum Gasteiger partial charge on any atom is -0.456 e. The maximum absolute atomic E-state index is 6.25. The second kappa shape index (κ2) is 8.01. The second-order valence-corrected chi connectivity index (χ2v) is 10.2. The highest BCUT2D eigenvalue weighted by Crippen LogP contribution is 2.38. The van der Waals surface area contributed by atoms with Crippen molar-refractivity contribution in [1.82, 2.24) is 9.97 Å². The van der Waals surface area contributed by atoms with E-state index in [4.69, 9.17) is 18.8 Å². The van der Waals surface area contributed by atoms with E-state index in [9.17, 15) is 0 Å². The Morgan fingerprint density at radius 1 is 0.425 bits per heavy atom. The predicted octanol–water partition coefficient (Wildman–Crippen LogP) is 9.92. The minimum atomic E-state index is 0.592. The molecule has 0 radical (unpaired) electrons. The van der Waals surface area contributed by atoms with Crippen LogP contribution >= 0.6 is 0 Å². The van der Waals surface area contributed by atoms with Gasteiger partial charge in [0.25, 0.3) is 0 Å². The van der Waals surface area contributed by atoms with Crippen molar-refractivity contribution < 1.29 is 8.83 Å². The average molecular weight is 513 g/mol. The van der Waals surface area contributed by atoms with Crippen LogP contribution in [0, 0.1) is 0 Å². The molecule has 0 spiro atoms. The third kappa shape index (κ3) is 3.07. The first kappa shape index (κ1) is 21.5. The van der Waals surface area contributed by atoms with E-state index in [1.807, 2.05) is 48.5 Å². The smallest absolute Gasteiger partial charge is 0.231 e. The summed E-state index contributed by atoms with van der Waals surface area (Å²) in [4.78, 5) is 10.1. The van der Waals surface area contributed by atoms with Gasteiger partial charge in [-0.3, -0.25) is 0 Å². The topological polar surface area (TPSA) is 52.1 Å². The first-order valence-electron chi connectivity index (χ1n) is 13.3. The normalized spacial score (nSPS) is 12.0. The molecule has 4 nitrogen and oxygen atoms in total. The Morgan fingerprint density at radius 2 is 1.12 bits per heavy atom. The van der Waals surface area contributed by atoms with Gasteiger partial charge in [-0.15, -0.1) is 0 Å². The van der Waals surface area contributed by atoms with Crippen LogP contribution < -0.4 is 0 Å². The van der Waals surface area contributed by atoms with Crippen molar-refractivity contribution in [3.8, 4) is 22.6 Å². The molecule has 0 saturated heterocycles. The van der Waals surface area contributed by atoms with E-state index in [1.54, 1.807) is 0 Å². The Bertz CT molecular complexity index is 2430. The molecular formula is C36H20N2O2. The van der Waals surface area contributed by atoms with Gasteiger partial charge in [0, 0.05) is 27.3 Å². The Kier molecular flexibility index (Phi) is 4.30. The summed E-state index contributed by atoms with van der Waals surface area (Å²) in [6, 6.07) is 41.7. The van der Waals surface area contributed by atoms with Gasteiger partial charge in [0.15, 0.2) is 5.82 Å². The molecule has 0 aliphatic rings. The molecular weight excluding hydrogens is 492 g/mol. The molecule has 0 unspecified atom stereocenters. The van der Waals surface area contributed by atoms with Gasteiger partial charge in [-0.1, -0.05) is 91.0 Å². The third-order valence-corrected chi connectivity index (χ3v) is 7.88. The number of hydrogen-bond donors (Lipinski definition) is 0. The number of hydrogen-bond acceptors (Lipinski definition) is 4. The first-order valence-corrected chi connectivity index (χ1v) is 13.3. The quantitative estimate of drug-likeness (QED) is 0.216. The van der Waals surface area contributed by atoms with E-state index in [-0.39, 0.29) is 0 Å². The molecule has 4 heteroatoms. The Hall–Kier alpha value is -5.48. The lowest BCUT2D eigenvalue weighted by atomic mass is 9.98. The molecule has 0 bridgehead atoms. The van der Waals surface area contributed by atoms with Crippen LogP contribution in [0.15, 0.2) is 130 Å². The first-order chi connectivity index (χ1) is 19.8. The predicted molar refractivity (Wildman–Crippen MR) is 162 cm³/mol. The Labute approximate surface area is 228 Å². The van der Waals surface area contributed by atoms with Crippen LogP contribution in [0.25, 0.3) is 88.2 Å². The fourth-order valence-electron chi connectivity index (χ4n) is 5.97. The van der Waals surface area contributed by atoms with Crippen LogP contribution in [0.4, 0.5) is 0 Å². The van der Waals surface area contributed by atoms with Gasteiger partial charge in [0.05, 0.1) is 11.1 Å². The van der Waals surface area contributed by atoms with E-state index in [1.165, 1.54) is 5.39 Å². The van der Waals surface area contributed by atoms with Crippen molar-refractivity contribution in [2.75, 3.05) is 0 Å². The van der Waals surface area contributed by atoms with E-state index >= 15 is 0 Å². The van der Waals surface area contributed by atoms with Gasteiger partial charge in [-0.25, -0.2) is 4.98 Å². The van der Waals surface area contributed by atoms with E-state index < -0.39 is 0 Å². The minimum absolute atomic E-state index is 0.592. The van der Waals surface area contributed by atoms with Crippen molar-refractivity contribution in [1.29, 1.82) is 0 Å².